The van der Waals surface area contributed by atoms with Gasteiger partial charge in [0.1, 0.15) is 0 Å². The standard InChI is InChI=1S/C3H8N2OS/c1-5-3(6)2-7-4/h2,4H2,1H3,(H,5,6). The zero-order valence-electron chi connectivity index (χ0n) is 4.10. The first-order chi connectivity index (χ1) is 3.31. The molecule has 0 aromatic carbocycles. The molecule has 0 aromatic rings. The van der Waals surface area contributed by atoms with Crippen molar-refractivity contribution in [2.75, 3.05) is 12.8 Å². The lowest BCUT2D eigenvalue weighted by atomic mass is 10.7. The molecule has 0 atom stereocenters. The third-order valence-corrected chi connectivity index (χ3v) is 0.922. The summed E-state index contributed by atoms with van der Waals surface area (Å²) in [7, 11) is 1.58. The van der Waals surface area contributed by atoms with Crippen molar-refractivity contribution >= 4 is 17.9 Å². The maximum Gasteiger partial charge on any atom is 0.231 e. The molecule has 0 saturated carbocycles. The molecule has 0 fully saturated rings. The van der Waals surface area contributed by atoms with Crippen LogP contribution in [-0.2, 0) is 4.79 Å². The van der Waals surface area contributed by atoms with E-state index >= 15 is 0 Å². The maximum atomic E-state index is 10.2. The number of amides is 1. The second-order valence-corrected chi connectivity index (χ2v) is 1.61. The number of carbonyl (C=O) groups excluding carboxylic acids is 1. The zero-order valence-corrected chi connectivity index (χ0v) is 4.92. The Morgan fingerprint density at radius 1 is 2.00 bits per heavy atom. The fourth-order valence-electron chi connectivity index (χ4n) is 0.148. The topological polar surface area (TPSA) is 55.1 Å². The minimum Gasteiger partial charge on any atom is -0.358 e. The second kappa shape index (κ2) is 3.95. The average molecular weight is 120 g/mol. The molecule has 0 bridgehead atoms. The van der Waals surface area contributed by atoms with E-state index in [0.717, 1.165) is 11.9 Å². The van der Waals surface area contributed by atoms with Gasteiger partial charge in [-0.3, -0.25) is 9.93 Å². The van der Waals surface area contributed by atoms with Crippen LogP contribution in [0.2, 0.25) is 0 Å². The van der Waals surface area contributed by atoms with Crippen molar-refractivity contribution in [3.8, 4) is 0 Å². The summed E-state index contributed by atoms with van der Waals surface area (Å²) in [5.41, 5.74) is 0. The van der Waals surface area contributed by atoms with E-state index in [4.69, 9.17) is 5.14 Å². The predicted octanol–water partition coefficient (Wildman–Crippen LogP) is -0.661. The molecule has 0 aromatic heterocycles. The van der Waals surface area contributed by atoms with Gasteiger partial charge in [-0.25, -0.2) is 0 Å². The predicted molar refractivity (Wildman–Crippen MR) is 30.7 cm³/mol. The Hall–Kier alpha value is -0.220. The Morgan fingerprint density at radius 2 is 2.57 bits per heavy atom. The summed E-state index contributed by atoms with van der Waals surface area (Å²) >= 11 is 1.02. The van der Waals surface area contributed by atoms with Gasteiger partial charge in [-0.1, -0.05) is 11.9 Å². The Labute approximate surface area is 46.8 Å². The number of carbonyl (C=O) groups is 1. The van der Waals surface area contributed by atoms with Crippen LogP contribution in [0.15, 0.2) is 0 Å². The van der Waals surface area contributed by atoms with Crippen molar-refractivity contribution in [3.63, 3.8) is 0 Å². The van der Waals surface area contributed by atoms with Gasteiger partial charge >= 0.3 is 0 Å². The first-order valence-electron chi connectivity index (χ1n) is 1.83. The fraction of sp³-hybridized carbons (Fsp3) is 0.667. The smallest absolute Gasteiger partial charge is 0.231 e. The monoisotopic (exact) mass is 120 g/mol. The molecule has 3 nitrogen and oxygen atoms in total. The van der Waals surface area contributed by atoms with Crippen LogP contribution >= 0.6 is 11.9 Å². The lowest BCUT2D eigenvalue weighted by molar-refractivity contribution is -0.118. The van der Waals surface area contributed by atoms with Crippen LogP contribution in [0.25, 0.3) is 0 Å². The van der Waals surface area contributed by atoms with Crippen LogP contribution < -0.4 is 10.5 Å². The van der Waals surface area contributed by atoms with E-state index in [1.54, 1.807) is 7.05 Å². The van der Waals surface area contributed by atoms with E-state index in [1.807, 2.05) is 0 Å². The van der Waals surface area contributed by atoms with Crippen molar-refractivity contribution in [1.29, 1.82) is 0 Å². The summed E-state index contributed by atoms with van der Waals surface area (Å²) in [6.07, 6.45) is 0. The molecule has 7 heavy (non-hydrogen) atoms. The summed E-state index contributed by atoms with van der Waals surface area (Å²) in [5.74, 6) is 0.309. The van der Waals surface area contributed by atoms with Crippen molar-refractivity contribution in [2.24, 2.45) is 5.14 Å². The zero-order chi connectivity index (χ0) is 5.70. The molecule has 0 rings (SSSR count). The van der Waals surface area contributed by atoms with Gasteiger partial charge in [0.25, 0.3) is 0 Å². The average Bonchev–Trinajstić information content (AvgIpc) is 1.68. The van der Waals surface area contributed by atoms with E-state index in [0.29, 0.717) is 5.75 Å². The highest BCUT2D eigenvalue weighted by molar-refractivity contribution is 7.97. The molecule has 0 aliphatic rings. The largest absolute Gasteiger partial charge is 0.358 e. The molecule has 42 valence electrons. The molecular weight excluding hydrogens is 112 g/mol. The number of nitrogens with one attached hydrogen (secondary N) is 1. The summed E-state index contributed by atoms with van der Waals surface area (Å²) in [6.45, 7) is 0. The fourth-order valence-corrected chi connectivity index (χ4v) is 0.444. The van der Waals surface area contributed by atoms with E-state index in [2.05, 4.69) is 5.32 Å². The summed E-state index contributed by atoms with van der Waals surface area (Å²) in [4.78, 5) is 10.2. The number of hydrogen-bond donors (Lipinski definition) is 2. The minimum atomic E-state index is -0.0347. The molecule has 0 spiro atoms. The Morgan fingerprint density at radius 3 is 2.71 bits per heavy atom. The van der Waals surface area contributed by atoms with Crippen molar-refractivity contribution < 1.29 is 4.79 Å². The van der Waals surface area contributed by atoms with Gasteiger partial charge < -0.3 is 5.32 Å². The van der Waals surface area contributed by atoms with Gasteiger partial charge in [0.2, 0.25) is 5.91 Å². The Kier molecular flexibility index (Phi) is 3.83. The van der Waals surface area contributed by atoms with Crippen molar-refractivity contribution in [3.05, 3.63) is 0 Å². The third kappa shape index (κ3) is 3.61. The van der Waals surface area contributed by atoms with Crippen LogP contribution in [-0.4, -0.2) is 18.7 Å². The van der Waals surface area contributed by atoms with Crippen molar-refractivity contribution in [2.45, 2.75) is 0 Å². The summed E-state index contributed by atoms with van der Waals surface area (Å²) < 4.78 is 0. The van der Waals surface area contributed by atoms with Crippen LogP contribution in [0.4, 0.5) is 0 Å². The third-order valence-electron chi connectivity index (χ3n) is 0.493. The van der Waals surface area contributed by atoms with Crippen LogP contribution in [0.3, 0.4) is 0 Å². The van der Waals surface area contributed by atoms with E-state index in [1.165, 1.54) is 0 Å². The molecule has 1 amide bonds. The molecule has 0 unspecified atom stereocenters. The van der Waals surface area contributed by atoms with Gasteiger partial charge in [-0.15, -0.1) is 0 Å². The normalized spacial score (nSPS) is 8.29. The molecule has 3 N–H and O–H groups in total. The first kappa shape index (κ1) is 6.78. The highest BCUT2D eigenvalue weighted by Crippen LogP contribution is 1.80. The minimum absolute atomic E-state index is 0.0347. The molecule has 0 aliphatic carbocycles. The van der Waals surface area contributed by atoms with E-state index in [9.17, 15) is 4.79 Å². The van der Waals surface area contributed by atoms with Gasteiger partial charge in [0.05, 0.1) is 5.75 Å². The molecular formula is C3H8N2OS. The number of rotatable bonds is 2. The molecule has 0 saturated heterocycles. The molecule has 0 radical (unpaired) electrons. The first-order valence-corrected chi connectivity index (χ1v) is 2.88. The Bertz CT molecular complexity index is 66.0. The lowest BCUT2D eigenvalue weighted by Gasteiger charge is -1.90. The van der Waals surface area contributed by atoms with Crippen LogP contribution in [0.1, 0.15) is 0 Å². The SMILES string of the molecule is CNC(=O)CSN. The summed E-state index contributed by atoms with van der Waals surface area (Å²) in [6, 6.07) is 0. The highest BCUT2D eigenvalue weighted by Gasteiger charge is 1.90. The van der Waals surface area contributed by atoms with Crippen LogP contribution in [0, 0.1) is 0 Å². The highest BCUT2D eigenvalue weighted by atomic mass is 32.2. The molecule has 0 heterocycles. The van der Waals surface area contributed by atoms with E-state index < -0.39 is 0 Å². The molecule has 0 aliphatic heterocycles. The summed E-state index contributed by atoms with van der Waals surface area (Å²) in [5, 5.41) is 7.39. The quantitative estimate of drug-likeness (QED) is 0.476. The Balaban J connectivity index is 3.00. The molecule has 4 heteroatoms. The van der Waals surface area contributed by atoms with Gasteiger partial charge in [0.15, 0.2) is 0 Å². The second-order valence-electron chi connectivity index (χ2n) is 0.984. The van der Waals surface area contributed by atoms with Crippen LogP contribution in [0.5, 0.6) is 0 Å². The van der Waals surface area contributed by atoms with Gasteiger partial charge in [-0.05, 0) is 0 Å². The van der Waals surface area contributed by atoms with Crippen molar-refractivity contribution in [1.82, 2.24) is 5.32 Å². The van der Waals surface area contributed by atoms with E-state index in [-0.39, 0.29) is 5.91 Å². The van der Waals surface area contributed by atoms with Gasteiger partial charge in [0, 0.05) is 7.05 Å². The number of hydrogen-bond acceptors (Lipinski definition) is 3. The number of nitrogens with two attached hydrogens (primary N) is 1. The van der Waals surface area contributed by atoms with Gasteiger partial charge in [-0.2, -0.15) is 0 Å². The maximum absolute atomic E-state index is 10.2. The lowest BCUT2D eigenvalue weighted by Crippen LogP contribution is -2.20.